The van der Waals surface area contributed by atoms with Gasteiger partial charge in [0.2, 0.25) is 0 Å². The van der Waals surface area contributed by atoms with Crippen molar-refractivity contribution in [2.24, 2.45) is 0 Å². The molecule has 3 heterocycles. The van der Waals surface area contributed by atoms with Gasteiger partial charge in [0.15, 0.2) is 17.3 Å². The predicted molar refractivity (Wildman–Crippen MR) is 239 cm³/mol. The number of rotatable bonds is 9. The second-order valence-corrected chi connectivity index (χ2v) is 15.7. The Kier molecular flexibility index (Phi) is 29.8. The van der Waals surface area contributed by atoms with E-state index in [0.29, 0.717) is 11.1 Å². The summed E-state index contributed by atoms with van der Waals surface area (Å²) in [6, 6.07) is 22.6. The van der Waals surface area contributed by atoms with Gasteiger partial charge in [-0.25, -0.2) is 0 Å². The summed E-state index contributed by atoms with van der Waals surface area (Å²) >= 11 is 2.99. The summed E-state index contributed by atoms with van der Waals surface area (Å²) < 4.78 is 13.6. The number of alkyl halides is 1. The number of aliphatic carboxylic acids is 1. The molecule has 0 bridgehead atoms. The molecule has 0 spiro atoms. The molecule has 6 aromatic rings. The maximum absolute atomic E-state index is 11.9. The minimum absolute atomic E-state index is 0. The molecule has 2 N–H and O–H groups in total. The number of halogens is 1. The van der Waals surface area contributed by atoms with Crippen LogP contribution in [0.5, 0.6) is 0 Å². The number of benzene rings is 3. The number of para-hydroxylation sites is 3. The number of aromatic amines is 1. The molecule has 0 unspecified atom stereocenters. The van der Waals surface area contributed by atoms with Crippen molar-refractivity contribution in [1.29, 1.82) is 0 Å². The van der Waals surface area contributed by atoms with Crippen molar-refractivity contribution in [2.75, 3.05) is 5.33 Å². The molecular weight excluding hydrogens is 943 g/mol. The second kappa shape index (κ2) is 30.3. The number of hydrogen-bond acceptors (Lipinski definition) is 11. The summed E-state index contributed by atoms with van der Waals surface area (Å²) in [5, 5.41) is 20.1. The number of carbonyl (C=O) groups is 7. The number of nitrogens with one attached hydrogen (secondary N) is 1. The molecule has 0 aliphatic rings. The molecule has 0 atom stereocenters. The zero-order chi connectivity index (χ0) is 46.1. The summed E-state index contributed by atoms with van der Waals surface area (Å²) in [6.45, 7) is 15.4. The summed E-state index contributed by atoms with van der Waals surface area (Å²) in [7, 11) is 0. The Balaban J connectivity index is -0.000000776. The van der Waals surface area contributed by atoms with E-state index in [9.17, 15) is 28.8 Å². The van der Waals surface area contributed by atoms with Gasteiger partial charge in [0.1, 0.15) is 29.6 Å². The van der Waals surface area contributed by atoms with E-state index >= 15 is 0 Å². The zero-order valence-electron chi connectivity index (χ0n) is 39.1. The van der Waals surface area contributed by atoms with Crippen LogP contribution in [0.1, 0.15) is 94.8 Å². The van der Waals surface area contributed by atoms with Crippen LogP contribution in [0.2, 0.25) is 0 Å². The molecule has 3 aromatic carbocycles. The molecule has 3 radical (unpaired) electrons. The molecule has 0 fully saturated rings. The van der Waals surface area contributed by atoms with Crippen LogP contribution in [0.4, 0.5) is 0 Å². The molecule has 0 aliphatic carbocycles. The minimum Gasteiger partial charge on any atom is -1.00 e. The first kappa shape index (κ1) is 63.0. The molecule has 64 heavy (non-hydrogen) atoms. The van der Waals surface area contributed by atoms with Crippen molar-refractivity contribution in [1.82, 2.24) is 14.1 Å². The molecule has 0 saturated carbocycles. The summed E-state index contributed by atoms with van der Waals surface area (Å²) in [4.78, 5) is 81.6. The fourth-order valence-corrected chi connectivity index (χ4v) is 5.82. The van der Waals surface area contributed by atoms with Crippen LogP contribution in [0, 0.1) is 0 Å². The number of nitrogens with zero attached hydrogens (tertiary/aromatic N) is 2. The van der Waals surface area contributed by atoms with Gasteiger partial charge >= 0.3 is 121 Å². The molecule has 0 saturated heterocycles. The van der Waals surface area contributed by atoms with Gasteiger partial charge < -0.3 is 40.3 Å². The van der Waals surface area contributed by atoms with Crippen molar-refractivity contribution in [3.8, 4) is 0 Å². The average molecular weight is 996 g/mol. The monoisotopic (exact) mass is 994 g/mol. The number of hydrogen-bond donors (Lipinski definition) is 2. The van der Waals surface area contributed by atoms with Gasteiger partial charge in [0, 0.05) is 76.4 Å². The molecule has 331 valence electrons. The standard InChI is InChI=1S/C16H19NO3.C12H11NO3.C10H9NO.C6H11BrO2.CH2O3.B.2K.H/c1-11(18)13-9-17(10-15(19)20-16(2,3)4)14-8-6-5-7-12(13)14;1-8(14)10-6-13(7-12(15)16)11-5-3-2-4-9(10)11;1-7(12)9-6-11-10-5-3-2-4-8(9)10;1-6(2,3)9-5(8)4-7;2-1-4-3;;;;/h5-9H,10H2,1-4H3;2-6H,7H2,1H3,(H,15,16);2-6,11H,1H3;4H2,1-3H3;1,3H;;;;/q;;;;;;2*+1;-1/p-1. The van der Waals surface area contributed by atoms with E-state index < -0.39 is 11.6 Å². The zero-order valence-corrected chi connectivity index (χ0v) is 46.0. The summed E-state index contributed by atoms with van der Waals surface area (Å²) in [5.74, 6) is -1.41. The second-order valence-electron chi connectivity index (χ2n) is 15.2. The molecule has 0 aliphatic heterocycles. The van der Waals surface area contributed by atoms with Gasteiger partial charge in [-0.1, -0.05) is 70.5 Å². The van der Waals surface area contributed by atoms with Crippen LogP contribution in [0.15, 0.2) is 91.4 Å². The Labute approximate surface area is 469 Å². The normalized spacial score (nSPS) is 10.1. The summed E-state index contributed by atoms with van der Waals surface area (Å²) in [6.07, 6.45) is 5.07. The fraction of sp³-hybridized carbons (Fsp3) is 0.311. The molecule has 19 heteroatoms. The average Bonchev–Trinajstić information content (AvgIpc) is 3.88. The predicted octanol–water partition coefficient (Wildman–Crippen LogP) is 1.38. The van der Waals surface area contributed by atoms with Crippen LogP contribution >= 0.6 is 15.9 Å². The van der Waals surface area contributed by atoms with Crippen molar-refractivity contribution < 1.29 is 162 Å². The minimum atomic E-state index is -0.921. The quantitative estimate of drug-likeness (QED) is 0.0400. The van der Waals surface area contributed by atoms with Gasteiger partial charge in [-0.15, -0.1) is 0 Å². The number of carbonyl (C=O) groups excluding carboxylic acids is 6. The van der Waals surface area contributed by atoms with E-state index in [2.05, 4.69) is 25.8 Å². The molecule has 15 nitrogen and oxygen atoms in total. The van der Waals surface area contributed by atoms with Crippen LogP contribution < -0.4 is 108 Å². The fourth-order valence-electron chi connectivity index (χ4n) is 5.71. The number of aromatic nitrogens is 3. The number of carboxylic acid groups (broad SMARTS) is 1. The molecule has 6 rings (SSSR count). The van der Waals surface area contributed by atoms with Gasteiger partial charge in [0.05, 0.1) is 0 Å². The van der Waals surface area contributed by atoms with Gasteiger partial charge in [0.25, 0.3) is 6.47 Å². The molecular formula is C45H52BBrK2N3O12. The van der Waals surface area contributed by atoms with Gasteiger partial charge in [-0.2, -0.15) is 0 Å². The van der Waals surface area contributed by atoms with Crippen molar-refractivity contribution >= 4 is 98.8 Å². The molecule has 0 amide bonds. The third kappa shape index (κ3) is 21.5. The Morgan fingerprint density at radius 2 is 1.05 bits per heavy atom. The van der Waals surface area contributed by atoms with Crippen LogP contribution in [-0.2, 0) is 46.6 Å². The van der Waals surface area contributed by atoms with Crippen molar-refractivity contribution in [2.45, 2.75) is 86.6 Å². The third-order valence-corrected chi connectivity index (χ3v) is 8.36. The molecule has 3 aromatic heterocycles. The van der Waals surface area contributed by atoms with E-state index in [0.717, 1.165) is 38.3 Å². The first-order valence-corrected chi connectivity index (χ1v) is 19.8. The van der Waals surface area contributed by atoms with E-state index in [4.69, 9.17) is 24.6 Å². The van der Waals surface area contributed by atoms with E-state index in [-0.39, 0.29) is 172 Å². The number of fused-ring (bicyclic) bond motifs is 3. The first-order chi connectivity index (χ1) is 28.5. The number of ketones is 3. The largest absolute Gasteiger partial charge is 1.00 e. The van der Waals surface area contributed by atoms with E-state index in [1.807, 2.05) is 114 Å². The van der Waals surface area contributed by atoms with E-state index in [1.54, 1.807) is 34.6 Å². The van der Waals surface area contributed by atoms with Gasteiger partial charge in [-0.05, 0) is 80.5 Å². The summed E-state index contributed by atoms with van der Waals surface area (Å²) in [5.41, 5.74) is 3.75. The Morgan fingerprint density at radius 3 is 1.41 bits per heavy atom. The van der Waals surface area contributed by atoms with E-state index in [1.165, 1.54) is 13.8 Å². The number of ether oxygens (including phenoxy) is 2. The van der Waals surface area contributed by atoms with Crippen LogP contribution in [-0.4, -0.2) is 85.9 Å². The number of H-pyrrole nitrogens is 1. The number of esters is 2. The van der Waals surface area contributed by atoms with Gasteiger partial charge in [-0.3, -0.25) is 33.6 Å². The Hall–Kier alpha value is -3.05. The Morgan fingerprint density at radius 1 is 0.672 bits per heavy atom. The van der Waals surface area contributed by atoms with Crippen LogP contribution in [0.25, 0.3) is 32.7 Å². The van der Waals surface area contributed by atoms with Crippen LogP contribution in [0.3, 0.4) is 0 Å². The Bertz CT molecular complexity index is 2490. The van der Waals surface area contributed by atoms with Crippen molar-refractivity contribution in [3.05, 3.63) is 108 Å². The maximum Gasteiger partial charge on any atom is 1.00 e. The SMILES string of the molecule is CC(=O)c1c[nH]c2ccccc12.CC(=O)c1cn(CC(=O)O)c2ccccc12.CC(=O)c1cn(CC(=O)OC(C)(C)C)c2ccccc12.CC(C)(C)OC(=O)CBr.O=CO[O-].[B].[H-].[K+].[K+]. The topological polar surface area (TPSA) is 216 Å². The number of carboxylic acids is 1. The number of Topliss-reactive ketones (excluding diaryl/α,β-unsaturated/α-hetero) is 3. The van der Waals surface area contributed by atoms with Crippen molar-refractivity contribution in [3.63, 3.8) is 0 Å². The third-order valence-electron chi connectivity index (χ3n) is 7.90. The first-order valence-electron chi connectivity index (χ1n) is 18.7. The maximum atomic E-state index is 11.9. The smallest absolute Gasteiger partial charge is 1.00 e.